The fourth-order valence-corrected chi connectivity index (χ4v) is 4.91. The minimum Gasteiger partial charge on any atom is -0.345 e. The zero-order valence-electron chi connectivity index (χ0n) is 13.1. The molecule has 2 fully saturated rings. The molecule has 25 heavy (non-hydrogen) atoms. The Bertz CT molecular complexity index is 967. The molecule has 0 atom stereocenters. The van der Waals surface area contributed by atoms with Crippen molar-refractivity contribution in [2.45, 2.75) is 18.4 Å². The molecule has 0 bridgehead atoms. The van der Waals surface area contributed by atoms with Crippen LogP contribution in [-0.4, -0.2) is 40.4 Å². The Morgan fingerprint density at radius 3 is 2.80 bits per heavy atom. The number of rotatable bonds is 2. The van der Waals surface area contributed by atoms with Gasteiger partial charge in [-0.3, -0.25) is 5.10 Å². The Labute approximate surface area is 157 Å². The third-order valence-electron chi connectivity index (χ3n) is 5.03. The molecule has 1 saturated heterocycles. The normalized spacial score (nSPS) is 19.2. The van der Waals surface area contributed by atoms with E-state index in [0.29, 0.717) is 14.9 Å². The molecule has 1 aromatic carbocycles. The van der Waals surface area contributed by atoms with E-state index >= 15 is 0 Å². The number of nitrogens with one attached hydrogen (secondary N) is 1. The second-order valence-electron chi connectivity index (χ2n) is 6.60. The molecule has 9 heteroatoms. The summed E-state index contributed by atoms with van der Waals surface area (Å²) >= 11 is 13.8. The van der Waals surface area contributed by atoms with Gasteiger partial charge < -0.3 is 9.80 Å². The highest BCUT2D eigenvalue weighted by molar-refractivity contribution is 7.19. The van der Waals surface area contributed by atoms with Crippen molar-refractivity contribution in [3.05, 3.63) is 33.5 Å². The van der Waals surface area contributed by atoms with Crippen molar-refractivity contribution in [3.63, 3.8) is 0 Å². The molecule has 5 rings (SSSR count). The summed E-state index contributed by atoms with van der Waals surface area (Å²) in [7, 11) is 0. The molecule has 5 nitrogen and oxygen atoms in total. The lowest BCUT2D eigenvalue weighted by Gasteiger charge is -2.42. The Morgan fingerprint density at radius 1 is 1.24 bits per heavy atom. The molecule has 3 aromatic rings. The molecule has 1 saturated carbocycles. The van der Waals surface area contributed by atoms with Gasteiger partial charge in [0.05, 0.1) is 27.7 Å². The molecular weight excluding hydrogens is 384 g/mol. The number of thiazole rings is 1. The molecule has 2 aliphatic rings. The minimum absolute atomic E-state index is 0.0379. The first-order valence-electron chi connectivity index (χ1n) is 8.03. The first kappa shape index (κ1) is 15.7. The van der Waals surface area contributed by atoms with Crippen LogP contribution in [0.15, 0.2) is 18.3 Å². The van der Waals surface area contributed by atoms with Gasteiger partial charge in [0.25, 0.3) is 0 Å². The van der Waals surface area contributed by atoms with Gasteiger partial charge in [-0.25, -0.2) is 9.37 Å². The number of halogens is 3. The molecule has 1 aliphatic heterocycles. The second-order valence-corrected chi connectivity index (χ2v) is 8.65. The highest BCUT2D eigenvalue weighted by Gasteiger charge is 2.52. The van der Waals surface area contributed by atoms with E-state index in [1.165, 1.54) is 23.5 Å². The summed E-state index contributed by atoms with van der Waals surface area (Å²) in [6.45, 7) is 2.52. The molecule has 0 unspecified atom stereocenters. The highest BCUT2D eigenvalue weighted by Crippen LogP contribution is 2.49. The predicted molar refractivity (Wildman–Crippen MR) is 99.7 cm³/mol. The Kier molecular flexibility index (Phi) is 3.42. The number of hydrogen-bond donors (Lipinski definition) is 1. The maximum absolute atomic E-state index is 13.6. The summed E-state index contributed by atoms with van der Waals surface area (Å²) in [4.78, 5) is 9.01. The van der Waals surface area contributed by atoms with Crippen LogP contribution in [0.1, 0.15) is 12.8 Å². The number of aromatic amines is 1. The van der Waals surface area contributed by atoms with Gasteiger partial charge in [-0.2, -0.15) is 5.10 Å². The number of H-pyrrole nitrogens is 1. The van der Waals surface area contributed by atoms with Crippen LogP contribution in [0.3, 0.4) is 0 Å². The number of aromatic nitrogens is 3. The van der Waals surface area contributed by atoms with E-state index in [1.54, 1.807) is 6.20 Å². The van der Waals surface area contributed by atoms with Crippen LogP contribution in [-0.2, 0) is 0 Å². The van der Waals surface area contributed by atoms with E-state index in [1.807, 2.05) is 0 Å². The van der Waals surface area contributed by atoms with Gasteiger partial charge in [0.15, 0.2) is 10.9 Å². The van der Waals surface area contributed by atoms with E-state index in [0.717, 1.165) is 48.8 Å². The Hall–Kier alpha value is -1.57. The van der Waals surface area contributed by atoms with Crippen molar-refractivity contribution in [2.75, 3.05) is 29.4 Å². The number of benzene rings is 1. The number of hydrogen-bond acceptors (Lipinski definition) is 5. The minimum atomic E-state index is -0.362. The maximum Gasteiger partial charge on any atom is 0.186 e. The molecule has 1 spiro atoms. The molecule has 3 heterocycles. The summed E-state index contributed by atoms with van der Waals surface area (Å²) in [5.41, 5.74) is 0.668. The van der Waals surface area contributed by atoms with E-state index in [2.05, 4.69) is 25.0 Å². The zero-order valence-corrected chi connectivity index (χ0v) is 15.4. The Morgan fingerprint density at radius 2 is 2.08 bits per heavy atom. The van der Waals surface area contributed by atoms with Gasteiger partial charge in [0.1, 0.15) is 10.2 Å². The van der Waals surface area contributed by atoms with Crippen LogP contribution in [0.4, 0.5) is 15.3 Å². The number of piperazine rings is 1. The van der Waals surface area contributed by atoms with Gasteiger partial charge in [-0.05, 0) is 25.0 Å². The summed E-state index contributed by atoms with van der Waals surface area (Å²) in [5.74, 6) is 0.452. The second kappa shape index (κ2) is 5.46. The fourth-order valence-electron chi connectivity index (χ4n) is 3.69. The third kappa shape index (κ3) is 2.48. The van der Waals surface area contributed by atoms with Crippen molar-refractivity contribution in [1.29, 1.82) is 0 Å². The third-order valence-corrected chi connectivity index (χ3v) is 6.50. The van der Waals surface area contributed by atoms with Crippen molar-refractivity contribution >= 4 is 56.4 Å². The molecule has 130 valence electrons. The number of anilines is 2. The maximum atomic E-state index is 13.6. The van der Waals surface area contributed by atoms with Crippen molar-refractivity contribution in [1.82, 2.24) is 15.2 Å². The average molecular weight is 398 g/mol. The molecule has 1 N–H and O–H groups in total. The molecule has 2 aromatic heterocycles. The van der Waals surface area contributed by atoms with Crippen LogP contribution in [0.5, 0.6) is 0 Å². The Balaban J connectivity index is 1.50. The molecule has 0 amide bonds. The summed E-state index contributed by atoms with van der Waals surface area (Å²) in [6, 6.07) is 2.78. The number of fused-ring (bicyclic) bond motifs is 1. The fraction of sp³-hybridized carbons (Fsp3) is 0.375. The zero-order chi connectivity index (χ0) is 17.2. The van der Waals surface area contributed by atoms with Crippen LogP contribution in [0.2, 0.25) is 9.36 Å². The average Bonchev–Trinajstić information content (AvgIpc) is 3.00. The lowest BCUT2D eigenvalue weighted by molar-refractivity contribution is 0.505. The van der Waals surface area contributed by atoms with Crippen LogP contribution < -0.4 is 9.80 Å². The SMILES string of the molecule is Fc1cc(Cl)c2c(N3CCN(c4ncc(Cl)s4)CC34CC4)n[nH]c2c1. The lowest BCUT2D eigenvalue weighted by Crippen LogP contribution is -2.55. The lowest BCUT2D eigenvalue weighted by atomic mass is 10.1. The number of nitrogens with zero attached hydrogens (tertiary/aromatic N) is 4. The van der Waals surface area contributed by atoms with Crippen molar-refractivity contribution in [2.24, 2.45) is 0 Å². The topological polar surface area (TPSA) is 48.1 Å². The molecular formula is C16H14Cl2FN5S. The van der Waals surface area contributed by atoms with Gasteiger partial charge in [-0.1, -0.05) is 34.5 Å². The van der Waals surface area contributed by atoms with Crippen molar-refractivity contribution in [3.8, 4) is 0 Å². The summed E-state index contributed by atoms with van der Waals surface area (Å²) in [6.07, 6.45) is 3.88. The van der Waals surface area contributed by atoms with Gasteiger partial charge in [-0.15, -0.1) is 0 Å². The predicted octanol–water partition coefficient (Wildman–Crippen LogP) is 4.32. The van der Waals surface area contributed by atoms with E-state index in [-0.39, 0.29) is 11.4 Å². The standard InChI is InChI=1S/C16H14Cl2FN5S/c17-10-5-9(19)6-11-13(10)14(22-21-11)24-4-3-23(8-16(24)1-2-16)15-20-7-12(18)25-15/h5-7H,1-4,8H2,(H,21,22). The van der Waals surface area contributed by atoms with E-state index < -0.39 is 0 Å². The van der Waals surface area contributed by atoms with Gasteiger partial charge in [0.2, 0.25) is 0 Å². The van der Waals surface area contributed by atoms with E-state index in [9.17, 15) is 4.39 Å². The largest absolute Gasteiger partial charge is 0.345 e. The summed E-state index contributed by atoms with van der Waals surface area (Å²) < 4.78 is 14.3. The summed E-state index contributed by atoms with van der Waals surface area (Å²) in [5, 5.41) is 9.52. The van der Waals surface area contributed by atoms with Crippen LogP contribution in [0, 0.1) is 5.82 Å². The van der Waals surface area contributed by atoms with Crippen LogP contribution >= 0.6 is 34.5 Å². The quantitative estimate of drug-likeness (QED) is 0.699. The molecule has 1 aliphatic carbocycles. The molecule has 0 radical (unpaired) electrons. The van der Waals surface area contributed by atoms with Crippen LogP contribution in [0.25, 0.3) is 10.9 Å². The first-order chi connectivity index (χ1) is 12.1. The van der Waals surface area contributed by atoms with Crippen molar-refractivity contribution < 1.29 is 4.39 Å². The monoisotopic (exact) mass is 397 g/mol. The smallest absolute Gasteiger partial charge is 0.186 e. The highest BCUT2D eigenvalue weighted by atomic mass is 35.5. The van der Waals surface area contributed by atoms with E-state index in [4.69, 9.17) is 23.2 Å². The van der Waals surface area contributed by atoms with Gasteiger partial charge >= 0.3 is 0 Å². The first-order valence-corrected chi connectivity index (χ1v) is 9.60. The van der Waals surface area contributed by atoms with Gasteiger partial charge in [0, 0.05) is 19.6 Å².